The van der Waals surface area contributed by atoms with E-state index in [4.69, 9.17) is 19.4 Å². The number of rotatable bonds is 8. The van der Waals surface area contributed by atoms with Crippen molar-refractivity contribution in [1.29, 1.82) is 0 Å². The van der Waals surface area contributed by atoms with Gasteiger partial charge in [-0.15, -0.1) is 5.10 Å². The summed E-state index contributed by atoms with van der Waals surface area (Å²) in [5, 5.41) is 13.1. The van der Waals surface area contributed by atoms with Crippen LogP contribution in [-0.4, -0.2) is 55.3 Å². The van der Waals surface area contributed by atoms with Gasteiger partial charge in [-0.25, -0.2) is 14.6 Å². The topological polar surface area (TPSA) is 87.0 Å². The van der Waals surface area contributed by atoms with Crippen LogP contribution in [0.1, 0.15) is 65.8 Å². The zero-order chi connectivity index (χ0) is 19.7. The van der Waals surface area contributed by atoms with Crippen molar-refractivity contribution in [3.8, 4) is 0 Å². The summed E-state index contributed by atoms with van der Waals surface area (Å²) in [7, 11) is 0. The summed E-state index contributed by atoms with van der Waals surface area (Å²) >= 11 is 1.68. The summed E-state index contributed by atoms with van der Waals surface area (Å²) in [4.78, 5) is 9.52. The van der Waals surface area contributed by atoms with Gasteiger partial charge < -0.3 is 14.8 Å². The van der Waals surface area contributed by atoms with E-state index in [2.05, 4.69) is 29.5 Å². The molecule has 3 atom stereocenters. The highest BCUT2D eigenvalue weighted by atomic mass is 32.2. The Morgan fingerprint density at radius 3 is 2.82 bits per heavy atom. The van der Waals surface area contributed by atoms with Crippen LogP contribution in [0, 0.1) is 0 Å². The van der Waals surface area contributed by atoms with Crippen molar-refractivity contribution in [1.82, 2.24) is 25.0 Å². The van der Waals surface area contributed by atoms with Crippen molar-refractivity contribution < 1.29 is 9.47 Å². The van der Waals surface area contributed by atoms with Crippen molar-refractivity contribution in [2.75, 3.05) is 17.6 Å². The van der Waals surface area contributed by atoms with Crippen LogP contribution < -0.4 is 5.32 Å². The summed E-state index contributed by atoms with van der Waals surface area (Å²) in [6.45, 7) is 9.15. The van der Waals surface area contributed by atoms with E-state index >= 15 is 0 Å². The van der Waals surface area contributed by atoms with Crippen molar-refractivity contribution >= 4 is 28.7 Å². The van der Waals surface area contributed by atoms with Crippen LogP contribution >= 0.6 is 11.8 Å². The second-order valence-electron chi connectivity index (χ2n) is 7.97. The summed E-state index contributed by atoms with van der Waals surface area (Å²) < 4.78 is 14.2. The van der Waals surface area contributed by atoms with Gasteiger partial charge in [0.15, 0.2) is 27.9 Å². The maximum Gasteiger partial charge on any atom is 0.191 e. The lowest BCUT2D eigenvalue weighted by Crippen LogP contribution is -2.28. The number of unbranched alkanes of at least 4 members (excludes halogenated alkanes) is 1. The number of fused-ring (bicyclic) bond motifs is 2. The maximum atomic E-state index is 6.19. The van der Waals surface area contributed by atoms with Crippen molar-refractivity contribution in [2.24, 2.45) is 0 Å². The fraction of sp³-hybridized carbons (Fsp3) is 0.789. The standard InChI is InChI=1S/C19H30N6O2S/c1-5-7-10-20-16-14-17(22-18(21-16)28-11-6-2)25(24-23-14)12-8-9-13-15(12)27-19(3,4)26-13/h12-13,15H,5-11H2,1-4H3,(H,20,21,22). The molecule has 0 amide bonds. The van der Waals surface area contributed by atoms with Crippen LogP contribution in [0.5, 0.6) is 0 Å². The number of anilines is 1. The van der Waals surface area contributed by atoms with E-state index < -0.39 is 5.79 Å². The number of hydrogen-bond donors (Lipinski definition) is 1. The summed E-state index contributed by atoms with van der Waals surface area (Å²) in [6, 6.07) is 0.0826. The monoisotopic (exact) mass is 406 g/mol. The molecule has 1 saturated carbocycles. The molecule has 2 fully saturated rings. The van der Waals surface area contributed by atoms with E-state index in [-0.39, 0.29) is 18.2 Å². The van der Waals surface area contributed by atoms with Gasteiger partial charge >= 0.3 is 0 Å². The normalized spacial score (nSPS) is 26.1. The molecule has 0 bridgehead atoms. The average molecular weight is 407 g/mol. The van der Waals surface area contributed by atoms with Crippen molar-refractivity contribution in [3.05, 3.63) is 0 Å². The van der Waals surface area contributed by atoms with Gasteiger partial charge in [0.25, 0.3) is 0 Å². The minimum absolute atomic E-state index is 0.0156. The second-order valence-corrected chi connectivity index (χ2v) is 9.04. The number of ether oxygens (including phenoxy) is 2. The van der Waals surface area contributed by atoms with Gasteiger partial charge in [-0.05, 0) is 39.5 Å². The van der Waals surface area contributed by atoms with E-state index in [1.165, 1.54) is 0 Å². The van der Waals surface area contributed by atoms with Crippen LogP contribution in [0.15, 0.2) is 5.16 Å². The van der Waals surface area contributed by atoms with Gasteiger partial charge in [-0.2, -0.15) is 0 Å². The summed E-state index contributed by atoms with van der Waals surface area (Å²) in [5.74, 6) is 1.22. The molecular weight excluding hydrogens is 376 g/mol. The molecule has 154 valence electrons. The van der Waals surface area contributed by atoms with Crippen LogP contribution in [-0.2, 0) is 9.47 Å². The molecule has 3 unspecified atom stereocenters. The van der Waals surface area contributed by atoms with Gasteiger partial charge in [-0.3, -0.25) is 0 Å². The van der Waals surface area contributed by atoms with Gasteiger partial charge in [0.05, 0.1) is 12.1 Å². The SMILES string of the molecule is CCCCNc1nc(SCCC)nc2c1nnn2C1CCC2OC(C)(C)OC21. The van der Waals surface area contributed by atoms with Crippen LogP contribution in [0.3, 0.4) is 0 Å². The molecule has 1 aliphatic carbocycles. The third kappa shape index (κ3) is 3.84. The highest BCUT2D eigenvalue weighted by Crippen LogP contribution is 2.44. The Morgan fingerprint density at radius 2 is 2.04 bits per heavy atom. The van der Waals surface area contributed by atoms with Gasteiger partial charge in [0.2, 0.25) is 0 Å². The van der Waals surface area contributed by atoms with E-state index in [9.17, 15) is 0 Å². The Morgan fingerprint density at radius 1 is 1.18 bits per heavy atom. The summed E-state index contributed by atoms with van der Waals surface area (Å²) in [6.07, 6.45) is 5.30. The molecule has 3 heterocycles. The van der Waals surface area contributed by atoms with Gasteiger partial charge in [0, 0.05) is 12.3 Å². The number of hydrogen-bond acceptors (Lipinski definition) is 8. The van der Waals surface area contributed by atoms with E-state index in [1.54, 1.807) is 11.8 Å². The Balaban J connectivity index is 1.68. The first-order valence-electron chi connectivity index (χ1n) is 10.4. The minimum atomic E-state index is -0.547. The van der Waals surface area contributed by atoms with Crippen LogP contribution in [0.2, 0.25) is 0 Å². The summed E-state index contributed by atoms with van der Waals surface area (Å²) in [5.41, 5.74) is 1.52. The zero-order valence-corrected chi connectivity index (χ0v) is 18.0. The Kier molecular flexibility index (Phi) is 5.76. The molecule has 1 N–H and O–H groups in total. The lowest BCUT2D eigenvalue weighted by atomic mass is 10.2. The third-order valence-corrected chi connectivity index (χ3v) is 6.28. The number of nitrogens with zero attached hydrogens (tertiary/aromatic N) is 5. The molecule has 2 aromatic rings. The smallest absolute Gasteiger partial charge is 0.191 e. The van der Waals surface area contributed by atoms with E-state index in [1.807, 2.05) is 18.5 Å². The Hall–Kier alpha value is -1.45. The van der Waals surface area contributed by atoms with E-state index in [0.717, 1.165) is 66.5 Å². The number of nitrogens with one attached hydrogen (secondary N) is 1. The lowest BCUT2D eigenvalue weighted by Gasteiger charge is -2.21. The predicted octanol–water partition coefficient (Wildman–Crippen LogP) is 3.79. The fourth-order valence-corrected chi connectivity index (χ4v) is 4.67. The predicted molar refractivity (Wildman–Crippen MR) is 110 cm³/mol. The van der Waals surface area contributed by atoms with Gasteiger partial charge in [0.1, 0.15) is 6.10 Å². The Labute approximate surface area is 170 Å². The van der Waals surface area contributed by atoms with Crippen molar-refractivity contribution in [2.45, 2.75) is 89.0 Å². The molecule has 0 spiro atoms. The molecule has 8 nitrogen and oxygen atoms in total. The molecule has 4 rings (SSSR count). The average Bonchev–Trinajstić information content (AvgIpc) is 3.31. The fourth-order valence-electron chi connectivity index (χ4n) is 3.97. The molecule has 0 radical (unpaired) electrons. The molecule has 2 aliphatic rings. The first kappa shape index (κ1) is 19.8. The maximum absolute atomic E-state index is 6.19. The third-order valence-electron chi connectivity index (χ3n) is 5.22. The van der Waals surface area contributed by atoms with Crippen LogP contribution in [0.25, 0.3) is 11.2 Å². The number of aromatic nitrogens is 5. The molecular formula is C19H30N6O2S. The quantitative estimate of drug-likeness (QED) is 0.402. The number of thioether (sulfide) groups is 1. The molecule has 28 heavy (non-hydrogen) atoms. The minimum Gasteiger partial charge on any atom is -0.368 e. The molecule has 2 aromatic heterocycles. The first-order valence-corrected chi connectivity index (χ1v) is 11.4. The van der Waals surface area contributed by atoms with E-state index in [0.29, 0.717) is 0 Å². The largest absolute Gasteiger partial charge is 0.368 e. The highest BCUT2D eigenvalue weighted by molar-refractivity contribution is 7.99. The first-order chi connectivity index (χ1) is 13.5. The van der Waals surface area contributed by atoms with Crippen LogP contribution in [0.4, 0.5) is 5.82 Å². The van der Waals surface area contributed by atoms with Crippen molar-refractivity contribution in [3.63, 3.8) is 0 Å². The Bertz CT molecular complexity index is 826. The zero-order valence-electron chi connectivity index (χ0n) is 17.1. The highest BCUT2D eigenvalue weighted by Gasteiger charge is 2.50. The molecule has 1 saturated heterocycles. The second kappa shape index (κ2) is 8.12. The van der Waals surface area contributed by atoms with Gasteiger partial charge in [-0.1, -0.05) is 37.2 Å². The molecule has 0 aromatic carbocycles. The lowest BCUT2D eigenvalue weighted by molar-refractivity contribution is -0.155. The molecule has 9 heteroatoms. The molecule has 1 aliphatic heterocycles.